The molecule has 0 bridgehead atoms. The van der Waals surface area contributed by atoms with Crippen LogP contribution in [0.4, 0.5) is 5.69 Å². The van der Waals surface area contributed by atoms with Gasteiger partial charge in [-0.25, -0.2) is 4.98 Å². The monoisotopic (exact) mass is 348 g/mol. The fourth-order valence-corrected chi connectivity index (χ4v) is 3.80. The van der Waals surface area contributed by atoms with Gasteiger partial charge < -0.3 is 5.32 Å². The molecule has 4 heteroatoms. The first kappa shape index (κ1) is 16.0. The van der Waals surface area contributed by atoms with Crippen LogP contribution in [-0.2, 0) is 6.42 Å². The average Bonchev–Trinajstić information content (AvgIpc) is 3.39. The number of amides is 1. The first-order valence-corrected chi connectivity index (χ1v) is 9.57. The van der Waals surface area contributed by atoms with Gasteiger partial charge in [-0.05, 0) is 49.1 Å². The highest BCUT2D eigenvalue weighted by atomic mass is 32.1. The second kappa shape index (κ2) is 6.81. The first-order chi connectivity index (χ1) is 12.2. The highest BCUT2D eigenvalue weighted by molar-refractivity contribution is 7.10. The van der Waals surface area contributed by atoms with Gasteiger partial charge in [-0.1, -0.05) is 31.2 Å². The zero-order valence-corrected chi connectivity index (χ0v) is 15.0. The van der Waals surface area contributed by atoms with Crippen LogP contribution >= 0.6 is 11.3 Å². The lowest BCUT2D eigenvalue weighted by Gasteiger charge is -2.07. The zero-order valence-electron chi connectivity index (χ0n) is 14.2. The number of nitrogens with zero attached hydrogens (tertiary/aromatic N) is 1. The minimum Gasteiger partial charge on any atom is -0.322 e. The van der Waals surface area contributed by atoms with Gasteiger partial charge in [0.2, 0.25) is 0 Å². The molecule has 0 spiro atoms. The van der Waals surface area contributed by atoms with E-state index >= 15 is 0 Å². The quantitative estimate of drug-likeness (QED) is 0.661. The molecule has 0 radical (unpaired) electrons. The summed E-state index contributed by atoms with van der Waals surface area (Å²) in [6, 6.07) is 15.6. The Balaban J connectivity index is 1.47. The fraction of sp³-hybridized carbons (Fsp3) is 0.238. The van der Waals surface area contributed by atoms with Gasteiger partial charge in [0.15, 0.2) is 0 Å². The highest BCUT2D eigenvalue weighted by Gasteiger charge is 2.26. The predicted molar refractivity (Wildman–Crippen MR) is 103 cm³/mol. The van der Waals surface area contributed by atoms with Crippen molar-refractivity contribution < 1.29 is 4.79 Å². The molecule has 126 valence electrons. The van der Waals surface area contributed by atoms with Crippen LogP contribution in [0.3, 0.4) is 0 Å². The summed E-state index contributed by atoms with van der Waals surface area (Å²) in [4.78, 5) is 17.2. The van der Waals surface area contributed by atoms with Gasteiger partial charge >= 0.3 is 0 Å². The van der Waals surface area contributed by atoms with Gasteiger partial charge in [-0.2, -0.15) is 0 Å². The van der Waals surface area contributed by atoms with Crippen molar-refractivity contribution in [2.75, 3.05) is 5.32 Å². The maximum absolute atomic E-state index is 12.4. The Bertz CT molecular complexity index is 894. The van der Waals surface area contributed by atoms with Crippen LogP contribution in [0, 0.1) is 0 Å². The molecule has 2 aromatic carbocycles. The van der Waals surface area contributed by atoms with E-state index in [4.69, 9.17) is 4.98 Å². The van der Waals surface area contributed by atoms with Crippen molar-refractivity contribution in [3.8, 4) is 11.3 Å². The molecule has 1 amide bonds. The van der Waals surface area contributed by atoms with Crippen molar-refractivity contribution in [2.45, 2.75) is 32.1 Å². The molecule has 0 aliphatic heterocycles. The third-order valence-corrected chi connectivity index (χ3v) is 5.49. The van der Waals surface area contributed by atoms with Crippen LogP contribution in [0.5, 0.6) is 0 Å². The molecule has 1 N–H and O–H groups in total. The summed E-state index contributed by atoms with van der Waals surface area (Å²) in [5.41, 5.74) is 4.77. The molecule has 0 unspecified atom stereocenters. The van der Waals surface area contributed by atoms with Crippen molar-refractivity contribution >= 4 is 22.9 Å². The molecule has 1 heterocycles. The average molecular weight is 348 g/mol. The Hall–Kier alpha value is -2.46. The number of carbonyl (C=O) groups is 1. The van der Waals surface area contributed by atoms with Crippen LogP contribution in [0.25, 0.3) is 11.3 Å². The summed E-state index contributed by atoms with van der Waals surface area (Å²) in [7, 11) is 0. The topological polar surface area (TPSA) is 42.0 Å². The molecular weight excluding hydrogens is 328 g/mol. The summed E-state index contributed by atoms with van der Waals surface area (Å²) in [6.45, 7) is 2.10. The van der Waals surface area contributed by atoms with Crippen molar-refractivity contribution in [2.24, 2.45) is 0 Å². The number of aromatic nitrogens is 1. The first-order valence-electron chi connectivity index (χ1n) is 8.69. The van der Waals surface area contributed by atoms with E-state index in [0.29, 0.717) is 11.5 Å². The van der Waals surface area contributed by atoms with E-state index in [0.717, 1.165) is 23.4 Å². The lowest BCUT2D eigenvalue weighted by molar-refractivity contribution is 0.102. The van der Waals surface area contributed by atoms with Crippen molar-refractivity contribution in [3.05, 3.63) is 70.0 Å². The predicted octanol–water partition coefficient (Wildman–Crippen LogP) is 5.50. The zero-order chi connectivity index (χ0) is 17.2. The molecule has 1 saturated carbocycles. The lowest BCUT2D eigenvalue weighted by atomic mass is 10.1. The Morgan fingerprint density at radius 3 is 2.72 bits per heavy atom. The number of rotatable bonds is 5. The Kier molecular flexibility index (Phi) is 4.36. The van der Waals surface area contributed by atoms with E-state index in [1.807, 2.05) is 42.5 Å². The van der Waals surface area contributed by atoms with E-state index in [1.54, 1.807) is 11.3 Å². The Morgan fingerprint density at radius 2 is 2.00 bits per heavy atom. The maximum Gasteiger partial charge on any atom is 0.255 e. The number of carbonyl (C=O) groups excluding carboxylic acids is 1. The highest BCUT2D eigenvalue weighted by Crippen LogP contribution is 2.42. The van der Waals surface area contributed by atoms with Crippen LogP contribution in [-0.4, -0.2) is 10.9 Å². The van der Waals surface area contributed by atoms with Gasteiger partial charge in [0.1, 0.15) is 0 Å². The Labute approximate surface area is 151 Å². The number of anilines is 1. The summed E-state index contributed by atoms with van der Waals surface area (Å²) < 4.78 is 0. The van der Waals surface area contributed by atoms with Gasteiger partial charge in [-0.15, -0.1) is 11.3 Å². The van der Waals surface area contributed by atoms with Crippen molar-refractivity contribution in [1.29, 1.82) is 0 Å². The van der Waals surface area contributed by atoms with E-state index in [2.05, 4.69) is 23.7 Å². The number of benzene rings is 2. The van der Waals surface area contributed by atoms with E-state index in [1.165, 1.54) is 23.4 Å². The number of nitrogens with one attached hydrogen (secondary N) is 1. The number of hydrogen-bond donors (Lipinski definition) is 1. The number of thiazole rings is 1. The van der Waals surface area contributed by atoms with Crippen LogP contribution in [0.15, 0.2) is 53.9 Å². The van der Waals surface area contributed by atoms with Gasteiger partial charge in [-0.3, -0.25) is 4.79 Å². The van der Waals surface area contributed by atoms with Crippen LogP contribution in [0.2, 0.25) is 0 Å². The van der Waals surface area contributed by atoms with Crippen molar-refractivity contribution in [1.82, 2.24) is 4.98 Å². The molecule has 3 nitrogen and oxygen atoms in total. The van der Waals surface area contributed by atoms with Gasteiger partial charge in [0, 0.05) is 28.1 Å². The molecule has 1 aliphatic carbocycles. The molecule has 0 atom stereocenters. The largest absolute Gasteiger partial charge is 0.322 e. The normalized spacial score (nSPS) is 13.6. The Morgan fingerprint density at radius 1 is 1.20 bits per heavy atom. The lowest BCUT2D eigenvalue weighted by Crippen LogP contribution is -2.11. The third-order valence-electron chi connectivity index (χ3n) is 4.48. The number of hydrogen-bond acceptors (Lipinski definition) is 3. The summed E-state index contributed by atoms with van der Waals surface area (Å²) in [5.74, 6) is 0.597. The second-order valence-corrected chi connectivity index (χ2v) is 7.32. The summed E-state index contributed by atoms with van der Waals surface area (Å²) in [6.07, 6.45) is 3.49. The smallest absolute Gasteiger partial charge is 0.255 e. The molecule has 4 rings (SSSR count). The summed E-state index contributed by atoms with van der Waals surface area (Å²) >= 11 is 1.74. The van der Waals surface area contributed by atoms with Crippen LogP contribution in [0.1, 0.15) is 46.6 Å². The molecule has 25 heavy (non-hydrogen) atoms. The van der Waals surface area contributed by atoms with Gasteiger partial charge in [0.05, 0.1) is 10.7 Å². The SMILES string of the molecule is CCc1cccc(NC(=O)c2ccc(-c3csc(C4CC4)n3)cc2)c1. The van der Waals surface area contributed by atoms with E-state index in [9.17, 15) is 4.79 Å². The molecule has 3 aromatic rings. The summed E-state index contributed by atoms with van der Waals surface area (Å²) in [5, 5.41) is 6.32. The minimum absolute atomic E-state index is 0.0863. The third kappa shape index (κ3) is 3.64. The fourth-order valence-electron chi connectivity index (χ4n) is 2.80. The van der Waals surface area contributed by atoms with E-state index < -0.39 is 0 Å². The molecule has 1 fully saturated rings. The maximum atomic E-state index is 12.4. The molecule has 1 aromatic heterocycles. The number of aryl methyl sites for hydroxylation is 1. The standard InChI is InChI=1S/C21H20N2OS/c1-2-14-4-3-5-18(12-14)22-20(24)16-8-6-15(7-9-16)19-13-25-21(23-19)17-10-11-17/h3-9,12-13,17H,2,10-11H2,1H3,(H,22,24). The molecular formula is C21H20N2OS. The molecule has 1 aliphatic rings. The van der Waals surface area contributed by atoms with Gasteiger partial charge in [0.25, 0.3) is 5.91 Å². The molecule has 0 saturated heterocycles. The minimum atomic E-state index is -0.0863. The van der Waals surface area contributed by atoms with Crippen molar-refractivity contribution in [3.63, 3.8) is 0 Å². The van der Waals surface area contributed by atoms with Crippen LogP contribution < -0.4 is 5.32 Å². The van der Waals surface area contributed by atoms with E-state index in [-0.39, 0.29) is 5.91 Å². The second-order valence-electron chi connectivity index (χ2n) is 6.43.